The Morgan fingerprint density at radius 1 is 1.00 bits per heavy atom. The predicted molar refractivity (Wildman–Crippen MR) is 139 cm³/mol. The number of methoxy groups -OCH3 is 1. The lowest BCUT2D eigenvalue weighted by molar-refractivity contribution is 0.0565. The molecule has 0 bridgehead atoms. The Hall–Kier alpha value is -2.53. The highest BCUT2D eigenvalue weighted by Crippen LogP contribution is 2.60. The molecule has 13 heteroatoms. The minimum absolute atomic E-state index is 0.110. The van der Waals surface area contributed by atoms with Crippen molar-refractivity contribution in [3.05, 3.63) is 88.4 Å². The number of benzene rings is 3. The molecule has 38 heavy (non-hydrogen) atoms. The zero-order valence-corrected chi connectivity index (χ0v) is 23.2. The number of hydrogen-bond donors (Lipinski definition) is 2. The van der Waals surface area contributed by atoms with Gasteiger partial charge in [0.2, 0.25) is 10.0 Å². The molecule has 3 aromatic carbocycles. The zero-order chi connectivity index (χ0) is 28.3. The van der Waals surface area contributed by atoms with E-state index in [4.69, 9.17) is 30.9 Å². The number of sulfonamides is 1. The summed E-state index contributed by atoms with van der Waals surface area (Å²) >= 11 is 5.99. The first-order valence-electron chi connectivity index (χ1n) is 11.3. The van der Waals surface area contributed by atoms with Crippen molar-refractivity contribution in [1.29, 1.82) is 0 Å². The van der Waals surface area contributed by atoms with E-state index in [9.17, 15) is 21.8 Å². The summed E-state index contributed by atoms with van der Waals surface area (Å²) in [6.45, 7) is 3.20. The van der Waals surface area contributed by atoms with E-state index < -0.39 is 33.9 Å². The molecular weight excluding hydrogens is 563 g/mol. The zero-order valence-electron chi connectivity index (χ0n) is 20.7. The molecule has 3 rings (SSSR count). The molecule has 0 fully saturated rings. The second-order valence-corrected chi connectivity index (χ2v) is 12.6. The second kappa shape index (κ2) is 11.7. The summed E-state index contributed by atoms with van der Waals surface area (Å²) in [7, 11) is -8.74. The van der Waals surface area contributed by atoms with Gasteiger partial charge in [-0.3, -0.25) is 4.57 Å². The normalized spacial score (nSPS) is 12.7. The first-order chi connectivity index (χ1) is 17.7. The third kappa shape index (κ3) is 6.54. The van der Waals surface area contributed by atoms with Gasteiger partial charge in [0.1, 0.15) is 16.4 Å². The lowest BCUT2D eigenvalue weighted by atomic mass is 10.1. The van der Waals surface area contributed by atoms with Crippen molar-refractivity contribution >= 4 is 29.2 Å². The Morgan fingerprint density at radius 2 is 1.61 bits per heavy atom. The smallest absolute Gasteiger partial charge is 0.399 e. The minimum atomic E-state index is -5.85. The van der Waals surface area contributed by atoms with Gasteiger partial charge in [-0.15, -0.1) is 0 Å². The van der Waals surface area contributed by atoms with Crippen molar-refractivity contribution < 1.29 is 41.0 Å². The second-order valence-electron chi connectivity index (χ2n) is 8.60. The molecule has 0 saturated carbocycles. The molecule has 0 heterocycles. The molecule has 0 aliphatic carbocycles. The third-order valence-electron chi connectivity index (χ3n) is 5.45. The van der Waals surface area contributed by atoms with Crippen LogP contribution in [-0.4, -0.2) is 35.7 Å². The molecule has 0 atom stereocenters. The van der Waals surface area contributed by atoms with Crippen LogP contribution in [0.1, 0.15) is 30.5 Å². The summed E-state index contributed by atoms with van der Waals surface area (Å²) in [6.07, 6.45) is -0.183. The Morgan fingerprint density at radius 3 is 2.18 bits per heavy atom. The number of alkyl halides is 2. The monoisotopic (exact) mass is 589 g/mol. The molecule has 3 aromatic rings. The van der Waals surface area contributed by atoms with Crippen LogP contribution in [0.5, 0.6) is 11.5 Å². The summed E-state index contributed by atoms with van der Waals surface area (Å²) in [5.41, 5.74) is -4.82. The van der Waals surface area contributed by atoms with Crippen molar-refractivity contribution in [1.82, 2.24) is 4.31 Å². The maximum atomic E-state index is 14.3. The van der Waals surface area contributed by atoms with E-state index in [0.717, 1.165) is 22.5 Å². The van der Waals surface area contributed by atoms with Crippen LogP contribution >= 0.6 is 19.2 Å². The van der Waals surface area contributed by atoms with E-state index in [1.165, 1.54) is 19.2 Å². The lowest BCUT2D eigenvalue weighted by Gasteiger charge is -2.25. The van der Waals surface area contributed by atoms with Gasteiger partial charge < -0.3 is 19.3 Å². The van der Waals surface area contributed by atoms with Crippen LogP contribution in [0.3, 0.4) is 0 Å². The van der Waals surface area contributed by atoms with Crippen LogP contribution in [0.4, 0.5) is 8.78 Å². The minimum Gasteiger partial charge on any atom is -0.495 e. The van der Waals surface area contributed by atoms with Crippen LogP contribution < -0.4 is 9.47 Å². The first kappa shape index (κ1) is 30.0. The van der Waals surface area contributed by atoms with Crippen molar-refractivity contribution in [2.45, 2.75) is 43.6 Å². The Labute approximate surface area is 225 Å². The Kier molecular flexibility index (Phi) is 9.24. The molecule has 206 valence electrons. The van der Waals surface area contributed by atoms with Gasteiger partial charge in [0.15, 0.2) is 0 Å². The highest BCUT2D eigenvalue weighted by Gasteiger charge is 2.51. The topological polar surface area (TPSA) is 113 Å². The Balaban J connectivity index is 2.09. The summed E-state index contributed by atoms with van der Waals surface area (Å²) in [5, 5.41) is -0.617. The van der Waals surface area contributed by atoms with E-state index in [-0.39, 0.29) is 35.4 Å². The maximum Gasteiger partial charge on any atom is 0.399 e. The lowest BCUT2D eigenvalue weighted by Crippen LogP contribution is -2.31. The average molecular weight is 590 g/mol. The van der Waals surface area contributed by atoms with Crippen molar-refractivity contribution in [3.63, 3.8) is 0 Å². The van der Waals surface area contributed by atoms with Gasteiger partial charge >= 0.3 is 13.3 Å². The van der Waals surface area contributed by atoms with Crippen LogP contribution in [0.15, 0.2) is 71.6 Å². The number of nitrogens with zero attached hydrogens (tertiary/aromatic N) is 1. The molecule has 0 aliphatic heterocycles. The number of rotatable bonds is 11. The highest BCUT2D eigenvalue weighted by atomic mass is 35.5. The van der Waals surface area contributed by atoms with E-state index in [1.807, 2.05) is 13.8 Å². The standard InChI is InChI=1S/C25H27ClF2NO7PS/c1-17(2)36-22-9-5-4-8-19(22)16-29(38(33,34)24-11-7-6-10-23(24)35-3)15-18-12-13-20(21(26)14-18)25(27,28)37(30,31)32/h4-14,17H,15-16H2,1-3H3,(H2,30,31,32). The van der Waals surface area contributed by atoms with Crippen molar-refractivity contribution in [2.24, 2.45) is 0 Å². The molecule has 0 amide bonds. The van der Waals surface area contributed by atoms with E-state index in [0.29, 0.717) is 11.3 Å². The van der Waals surface area contributed by atoms with Crippen LogP contribution in [0, 0.1) is 0 Å². The summed E-state index contributed by atoms with van der Waals surface area (Å²) in [5.74, 6) is 0.580. The molecule has 8 nitrogen and oxygen atoms in total. The molecule has 0 spiro atoms. The first-order valence-corrected chi connectivity index (χ1v) is 14.7. The van der Waals surface area contributed by atoms with Gasteiger partial charge in [-0.25, -0.2) is 8.42 Å². The van der Waals surface area contributed by atoms with Crippen LogP contribution in [0.25, 0.3) is 0 Å². The predicted octanol–water partition coefficient (Wildman–Crippen LogP) is 5.75. The van der Waals surface area contributed by atoms with Gasteiger partial charge in [-0.1, -0.05) is 54.1 Å². The molecule has 0 saturated heterocycles. The average Bonchev–Trinajstić information content (AvgIpc) is 2.83. The van der Waals surface area contributed by atoms with Crippen LogP contribution in [-0.2, 0) is 33.3 Å². The number of para-hydroxylation sites is 2. The summed E-state index contributed by atoms with van der Waals surface area (Å²) in [6, 6.07) is 15.9. The fourth-order valence-electron chi connectivity index (χ4n) is 3.65. The van der Waals surface area contributed by atoms with Crippen molar-refractivity contribution in [2.75, 3.05) is 7.11 Å². The number of ether oxygens (including phenoxy) is 2. The number of halogens is 3. The molecule has 0 unspecified atom stereocenters. The van der Waals surface area contributed by atoms with Crippen molar-refractivity contribution in [3.8, 4) is 11.5 Å². The SMILES string of the molecule is COc1ccccc1S(=O)(=O)N(Cc1ccc(C(F)(F)P(=O)(O)O)c(Cl)c1)Cc1ccccc1OC(C)C. The molecule has 0 aromatic heterocycles. The largest absolute Gasteiger partial charge is 0.495 e. The van der Waals surface area contributed by atoms with Gasteiger partial charge in [-0.05, 0) is 43.7 Å². The fraction of sp³-hybridized carbons (Fsp3) is 0.280. The maximum absolute atomic E-state index is 14.3. The van der Waals surface area contributed by atoms with E-state index in [1.54, 1.807) is 36.4 Å². The highest BCUT2D eigenvalue weighted by molar-refractivity contribution is 7.89. The van der Waals surface area contributed by atoms with Gasteiger partial charge in [0, 0.05) is 18.7 Å². The van der Waals surface area contributed by atoms with E-state index in [2.05, 4.69) is 0 Å². The number of hydrogen-bond acceptors (Lipinski definition) is 5. The molecule has 2 N–H and O–H groups in total. The van der Waals surface area contributed by atoms with Gasteiger partial charge in [0.25, 0.3) is 0 Å². The molecular formula is C25H27ClF2NO7PS. The summed E-state index contributed by atoms with van der Waals surface area (Å²) in [4.78, 5) is 18.0. The van der Waals surface area contributed by atoms with E-state index >= 15 is 0 Å². The van der Waals surface area contributed by atoms with Gasteiger partial charge in [-0.2, -0.15) is 13.1 Å². The quantitative estimate of drug-likeness (QED) is 0.274. The Bertz CT molecular complexity index is 1450. The third-order valence-corrected chi connectivity index (χ3v) is 8.57. The molecule has 0 radical (unpaired) electrons. The molecule has 0 aliphatic rings. The summed E-state index contributed by atoms with van der Waals surface area (Å²) < 4.78 is 79.7. The van der Waals surface area contributed by atoms with Gasteiger partial charge in [0.05, 0.1) is 23.8 Å². The van der Waals surface area contributed by atoms with Crippen LogP contribution in [0.2, 0.25) is 5.02 Å². The fourth-order valence-corrected chi connectivity index (χ4v) is 6.11.